The first-order chi connectivity index (χ1) is 8.55. The Balaban J connectivity index is 2.26. The van der Waals surface area contributed by atoms with Gasteiger partial charge in [-0.25, -0.2) is 4.98 Å². The van der Waals surface area contributed by atoms with Crippen LogP contribution < -0.4 is 5.32 Å². The molecule has 2 heterocycles. The average molecular weight is 268 g/mol. The Labute approximate surface area is 114 Å². The first kappa shape index (κ1) is 14.0. The number of hydrogen-bond acceptors (Lipinski definition) is 4. The number of hydrogen-bond donors (Lipinski definition) is 1. The summed E-state index contributed by atoms with van der Waals surface area (Å²) < 4.78 is 5.91. The summed E-state index contributed by atoms with van der Waals surface area (Å²) in [4.78, 5) is 6.25. The van der Waals surface area contributed by atoms with E-state index in [4.69, 9.17) is 9.72 Å². The predicted octanol–water partition coefficient (Wildman–Crippen LogP) is 3.09. The fourth-order valence-corrected chi connectivity index (χ4v) is 3.63. The highest BCUT2D eigenvalue weighted by atomic mass is 32.1. The van der Waals surface area contributed by atoms with Gasteiger partial charge in [0, 0.05) is 18.0 Å². The number of nitrogens with zero attached hydrogens (tertiary/aromatic N) is 1. The SMILES string of the molecule is CNCc1sc(C2(C)CCCO2)nc1CC(C)C. The molecule has 0 spiro atoms. The highest BCUT2D eigenvalue weighted by Gasteiger charge is 2.35. The van der Waals surface area contributed by atoms with Crippen molar-refractivity contribution < 1.29 is 4.74 Å². The summed E-state index contributed by atoms with van der Waals surface area (Å²) in [5, 5.41) is 4.41. The molecule has 2 rings (SSSR count). The van der Waals surface area contributed by atoms with Crippen molar-refractivity contribution in [2.24, 2.45) is 5.92 Å². The summed E-state index contributed by atoms with van der Waals surface area (Å²) >= 11 is 1.82. The van der Waals surface area contributed by atoms with Gasteiger partial charge in [-0.1, -0.05) is 13.8 Å². The molecule has 1 aromatic heterocycles. The van der Waals surface area contributed by atoms with Gasteiger partial charge < -0.3 is 10.1 Å². The van der Waals surface area contributed by atoms with Crippen LogP contribution in [0.1, 0.15) is 49.2 Å². The van der Waals surface area contributed by atoms with Crippen LogP contribution in [0.15, 0.2) is 0 Å². The van der Waals surface area contributed by atoms with Crippen LogP contribution >= 0.6 is 11.3 Å². The van der Waals surface area contributed by atoms with Gasteiger partial charge in [0.25, 0.3) is 0 Å². The van der Waals surface area contributed by atoms with E-state index in [1.165, 1.54) is 15.6 Å². The van der Waals surface area contributed by atoms with Crippen molar-refractivity contribution in [3.8, 4) is 0 Å². The monoisotopic (exact) mass is 268 g/mol. The van der Waals surface area contributed by atoms with Crippen molar-refractivity contribution in [1.29, 1.82) is 0 Å². The molecule has 102 valence electrons. The van der Waals surface area contributed by atoms with E-state index in [1.54, 1.807) is 0 Å². The Morgan fingerprint density at radius 3 is 2.83 bits per heavy atom. The van der Waals surface area contributed by atoms with Crippen LogP contribution in [0.3, 0.4) is 0 Å². The minimum atomic E-state index is -0.137. The summed E-state index contributed by atoms with van der Waals surface area (Å²) in [6.07, 6.45) is 3.31. The molecule has 1 N–H and O–H groups in total. The molecule has 1 saturated heterocycles. The van der Waals surface area contributed by atoms with E-state index in [9.17, 15) is 0 Å². The van der Waals surface area contributed by atoms with Crippen molar-refractivity contribution in [3.05, 3.63) is 15.6 Å². The molecule has 1 atom stereocenters. The molecule has 0 saturated carbocycles. The molecule has 0 bridgehead atoms. The van der Waals surface area contributed by atoms with Crippen LogP contribution in [0.4, 0.5) is 0 Å². The van der Waals surface area contributed by atoms with Gasteiger partial charge in [0.2, 0.25) is 0 Å². The van der Waals surface area contributed by atoms with Gasteiger partial charge in [0.1, 0.15) is 10.6 Å². The zero-order valence-electron chi connectivity index (χ0n) is 11.9. The minimum absolute atomic E-state index is 0.137. The lowest BCUT2D eigenvalue weighted by molar-refractivity contribution is 0.0165. The molecule has 1 aliphatic heterocycles. The lowest BCUT2D eigenvalue weighted by Crippen LogP contribution is -2.19. The third kappa shape index (κ3) is 2.92. The summed E-state index contributed by atoms with van der Waals surface area (Å²) in [5.41, 5.74) is 1.12. The first-order valence-electron chi connectivity index (χ1n) is 6.83. The smallest absolute Gasteiger partial charge is 0.125 e. The zero-order valence-corrected chi connectivity index (χ0v) is 12.7. The van der Waals surface area contributed by atoms with Crippen LogP contribution in [0.5, 0.6) is 0 Å². The second-order valence-electron chi connectivity index (χ2n) is 5.70. The normalized spacial score (nSPS) is 24.1. The maximum atomic E-state index is 5.91. The quantitative estimate of drug-likeness (QED) is 0.891. The van der Waals surface area contributed by atoms with E-state index in [1.807, 2.05) is 18.4 Å². The fourth-order valence-electron chi connectivity index (χ4n) is 2.40. The topological polar surface area (TPSA) is 34.1 Å². The summed E-state index contributed by atoms with van der Waals surface area (Å²) in [5.74, 6) is 0.646. The maximum Gasteiger partial charge on any atom is 0.125 e. The fraction of sp³-hybridized carbons (Fsp3) is 0.786. The van der Waals surface area contributed by atoms with Gasteiger partial charge in [0.05, 0.1) is 5.69 Å². The molecule has 0 aliphatic carbocycles. The molecule has 3 nitrogen and oxygen atoms in total. The van der Waals surface area contributed by atoms with Crippen molar-refractivity contribution >= 4 is 11.3 Å². The molecule has 18 heavy (non-hydrogen) atoms. The second kappa shape index (κ2) is 5.68. The summed E-state index contributed by atoms with van der Waals surface area (Å²) in [6, 6.07) is 0. The zero-order chi connectivity index (χ0) is 13.2. The maximum absolute atomic E-state index is 5.91. The Morgan fingerprint density at radius 2 is 2.28 bits per heavy atom. The first-order valence-corrected chi connectivity index (χ1v) is 7.64. The summed E-state index contributed by atoms with van der Waals surface area (Å²) in [6.45, 7) is 8.46. The van der Waals surface area contributed by atoms with E-state index in [0.29, 0.717) is 5.92 Å². The lowest BCUT2D eigenvalue weighted by atomic mass is 10.0. The van der Waals surface area contributed by atoms with Crippen molar-refractivity contribution in [2.45, 2.75) is 52.2 Å². The molecule has 0 aromatic carbocycles. The van der Waals surface area contributed by atoms with Gasteiger partial charge in [-0.2, -0.15) is 0 Å². The predicted molar refractivity (Wildman–Crippen MR) is 76.0 cm³/mol. The van der Waals surface area contributed by atoms with Crippen molar-refractivity contribution in [3.63, 3.8) is 0 Å². The van der Waals surface area contributed by atoms with Gasteiger partial charge in [-0.05, 0) is 39.2 Å². The van der Waals surface area contributed by atoms with E-state index < -0.39 is 0 Å². The minimum Gasteiger partial charge on any atom is -0.368 e. The third-order valence-corrected chi connectivity index (χ3v) is 4.73. The van der Waals surface area contributed by atoms with E-state index in [0.717, 1.165) is 32.4 Å². The molecule has 1 aliphatic rings. The molecular weight excluding hydrogens is 244 g/mol. The van der Waals surface area contributed by atoms with Crippen LogP contribution in [0, 0.1) is 5.92 Å². The molecular formula is C14H24N2OS. The van der Waals surface area contributed by atoms with Crippen LogP contribution in [0.2, 0.25) is 0 Å². The van der Waals surface area contributed by atoms with Gasteiger partial charge in [0.15, 0.2) is 0 Å². The lowest BCUT2D eigenvalue weighted by Gasteiger charge is -2.19. The Hall–Kier alpha value is -0.450. The molecule has 0 amide bonds. The van der Waals surface area contributed by atoms with Crippen LogP contribution in [0.25, 0.3) is 0 Å². The van der Waals surface area contributed by atoms with Gasteiger partial charge >= 0.3 is 0 Å². The third-order valence-electron chi connectivity index (χ3n) is 3.39. The number of thiazole rings is 1. The Kier molecular flexibility index (Phi) is 4.41. The standard InChI is InChI=1S/C14H24N2OS/c1-10(2)8-11-12(9-15-4)18-13(16-11)14(3)6-5-7-17-14/h10,15H,5-9H2,1-4H3. The summed E-state index contributed by atoms with van der Waals surface area (Å²) in [7, 11) is 1.99. The van der Waals surface area contributed by atoms with Crippen LogP contribution in [-0.4, -0.2) is 18.6 Å². The number of rotatable bonds is 5. The average Bonchev–Trinajstić information content (AvgIpc) is 2.88. The largest absolute Gasteiger partial charge is 0.368 e. The van der Waals surface area contributed by atoms with Crippen molar-refractivity contribution in [2.75, 3.05) is 13.7 Å². The molecule has 0 radical (unpaired) electrons. The second-order valence-corrected chi connectivity index (χ2v) is 6.78. The highest BCUT2D eigenvalue weighted by molar-refractivity contribution is 7.11. The molecule has 1 unspecified atom stereocenters. The molecule has 4 heteroatoms. The van der Waals surface area contributed by atoms with Gasteiger partial charge in [-0.3, -0.25) is 0 Å². The number of ether oxygens (including phenoxy) is 1. The van der Waals surface area contributed by atoms with Crippen molar-refractivity contribution in [1.82, 2.24) is 10.3 Å². The van der Waals surface area contributed by atoms with E-state index in [2.05, 4.69) is 26.1 Å². The number of nitrogens with one attached hydrogen (secondary N) is 1. The Bertz CT molecular complexity index is 394. The molecule has 1 fully saturated rings. The number of aromatic nitrogens is 1. The van der Waals surface area contributed by atoms with E-state index in [-0.39, 0.29) is 5.60 Å². The Morgan fingerprint density at radius 1 is 1.50 bits per heavy atom. The van der Waals surface area contributed by atoms with Gasteiger partial charge in [-0.15, -0.1) is 11.3 Å². The van der Waals surface area contributed by atoms with Crippen LogP contribution in [-0.2, 0) is 23.3 Å². The van der Waals surface area contributed by atoms with E-state index >= 15 is 0 Å². The molecule has 1 aromatic rings. The highest BCUT2D eigenvalue weighted by Crippen LogP contribution is 2.39.